The maximum absolute atomic E-state index is 13.7. The predicted octanol–water partition coefficient (Wildman–Crippen LogP) is 8.73. The van der Waals surface area contributed by atoms with Gasteiger partial charge in [0.25, 0.3) is 0 Å². The van der Waals surface area contributed by atoms with E-state index >= 15 is 0 Å². The van der Waals surface area contributed by atoms with Crippen molar-refractivity contribution in [1.82, 2.24) is 0 Å². The molecule has 0 spiro atoms. The monoisotopic (exact) mass is 545 g/mol. The van der Waals surface area contributed by atoms with Gasteiger partial charge in [0.05, 0.1) is 26.5 Å². The van der Waals surface area contributed by atoms with Crippen LogP contribution in [0, 0.1) is 0 Å². The zero-order chi connectivity index (χ0) is 26.1. The number of hydrogen-bond donors (Lipinski definition) is 1. The number of Topliss-reactive ketones (excluding diaryl/α,β-unsaturated/α-hetero) is 1. The SMILES string of the molecule is CC(C)(N)CCC(=O)c1ccc(/C=C/C(c2cc(Cl)c(Cl)c(Cl)c2)C(F)(F)F)cc1C(F)(F)F. The number of benzene rings is 2. The van der Waals surface area contributed by atoms with Crippen LogP contribution in [0.5, 0.6) is 0 Å². The molecule has 0 aliphatic heterocycles. The Labute approximate surface area is 207 Å². The van der Waals surface area contributed by atoms with Gasteiger partial charge in [-0.2, -0.15) is 26.3 Å². The van der Waals surface area contributed by atoms with Crippen molar-refractivity contribution in [2.75, 3.05) is 0 Å². The van der Waals surface area contributed by atoms with Crippen LogP contribution in [0.1, 0.15) is 59.7 Å². The van der Waals surface area contributed by atoms with E-state index in [-0.39, 0.29) is 39.0 Å². The van der Waals surface area contributed by atoms with Gasteiger partial charge in [-0.05, 0) is 49.6 Å². The molecule has 186 valence electrons. The van der Waals surface area contributed by atoms with Gasteiger partial charge in [0.1, 0.15) is 0 Å². The summed E-state index contributed by atoms with van der Waals surface area (Å²) in [5, 5.41) is -0.519. The fourth-order valence-electron chi connectivity index (χ4n) is 3.08. The van der Waals surface area contributed by atoms with Crippen molar-refractivity contribution < 1.29 is 31.1 Å². The van der Waals surface area contributed by atoms with Crippen molar-refractivity contribution in [2.24, 2.45) is 5.73 Å². The van der Waals surface area contributed by atoms with Gasteiger partial charge in [0, 0.05) is 17.5 Å². The molecule has 2 rings (SSSR count). The fourth-order valence-corrected chi connectivity index (χ4v) is 3.70. The van der Waals surface area contributed by atoms with Crippen LogP contribution in [0.15, 0.2) is 36.4 Å². The summed E-state index contributed by atoms with van der Waals surface area (Å²) in [7, 11) is 0. The molecule has 2 aromatic rings. The van der Waals surface area contributed by atoms with Crippen LogP contribution in [-0.2, 0) is 6.18 Å². The Kier molecular flexibility index (Phi) is 8.78. The van der Waals surface area contributed by atoms with Gasteiger partial charge in [0.15, 0.2) is 5.78 Å². The average Bonchev–Trinajstić information content (AvgIpc) is 2.68. The molecule has 0 amide bonds. The number of alkyl halides is 6. The lowest BCUT2D eigenvalue weighted by Crippen LogP contribution is -2.32. The molecule has 0 radical (unpaired) electrons. The first-order chi connectivity index (χ1) is 15.4. The molecule has 0 saturated heterocycles. The molecule has 11 heteroatoms. The summed E-state index contributed by atoms with van der Waals surface area (Å²) in [6, 6.07) is 4.70. The number of halogens is 9. The quantitative estimate of drug-likeness (QED) is 0.214. The second-order valence-electron chi connectivity index (χ2n) is 8.39. The number of ketones is 1. The van der Waals surface area contributed by atoms with Crippen LogP contribution in [0.2, 0.25) is 15.1 Å². The van der Waals surface area contributed by atoms with Crippen molar-refractivity contribution >= 4 is 46.7 Å². The molecule has 0 saturated carbocycles. The molecule has 2 N–H and O–H groups in total. The highest BCUT2D eigenvalue weighted by atomic mass is 35.5. The highest BCUT2D eigenvalue weighted by Crippen LogP contribution is 2.41. The third-order valence-electron chi connectivity index (χ3n) is 4.84. The third-order valence-corrected chi connectivity index (χ3v) is 6.04. The first kappa shape index (κ1) is 28.5. The smallest absolute Gasteiger partial charge is 0.326 e. The normalized spacial score (nSPS) is 14.0. The lowest BCUT2D eigenvalue weighted by molar-refractivity contribution is -0.139. The van der Waals surface area contributed by atoms with Crippen molar-refractivity contribution in [1.29, 1.82) is 0 Å². The molecule has 2 nitrogen and oxygen atoms in total. The summed E-state index contributed by atoms with van der Waals surface area (Å²) in [6.45, 7) is 3.27. The Morgan fingerprint density at radius 2 is 1.56 bits per heavy atom. The molecule has 0 fully saturated rings. The van der Waals surface area contributed by atoms with Crippen molar-refractivity contribution in [3.63, 3.8) is 0 Å². The van der Waals surface area contributed by atoms with E-state index in [0.29, 0.717) is 12.1 Å². The topological polar surface area (TPSA) is 43.1 Å². The number of carbonyl (C=O) groups is 1. The third kappa shape index (κ3) is 7.63. The molecule has 0 heterocycles. The van der Waals surface area contributed by atoms with Crippen LogP contribution < -0.4 is 5.73 Å². The van der Waals surface area contributed by atoms with Crippen LogP contribution >= 0.6 is 34.8 Å². The predicted molar refractivity (Wildman–Crippen MR) is 123 cm³/mol. The van der Waals surface area contributed by atoms with Crippen LogP contribution in [0.4, 0.5) is 26.3 Å². The Morgan fingerprint density at radius 1 is 1.00 bits per heavy atom. The Balaban J connectivity index is 2.46. The molecular formula is C23H20Cl3F6NO. The Morgan fingerprint density at radius 3 is 2.03 bits per heavy atom. The number of hydrogen-bond acceptors (Lipinski definition) is 2. The minimum atomic E-state index is -4.90. The molecule has 34 heavy (non-hydrogen) atoms. The van der Waals surface area contributed by atoms with Crippen molar-refractivity contribution in [3.8, 4) is 0 Å². The summed E-state index contributed by atoms with van der Waals surface area (Å²) < 4.78 is 81.9. The number of allylic oxidation sites excluding steroid dienone is 1. The molecule has 1 atom stereocenters. The van der Waals surface area contributed by atoms with Crippen molar-refractivity contribution in [2.45, 2.75) is 50.5 Å². The average molecular weight is 547 g/mol. The summed E-state index contributed by atoms with van der Waals surface area (Å²) in [5.74, 6) is -2.98. The lowest BCUT2D eigenvalue weighted by atomic mass is 9.92. The van der Waals surface area contributed by atoms with E-state index < -0.39 is 40.7 Å². The molecular weight excluding hydrogens is 527 g/mol. The molecule has 2 aromatic carbocycles. The summed E-state index contributed by atoms with van der Waals surface area (Å²) in [4.78, 5) is 12.4. The van der Waals surface area contributed by atoms with E-state index in [2.05, 4.69) is 0 Å². The van der Waals surface area contributed by atoms with Gasteiger partial charge in [-0.25, -0.2) is 0 Å². The number of rotatable bonds is 7. The summed E-state index contributed by atoms with van der Waals surface area (Å²) in [6.07, 6.45) is -8.17. The summed E-state index contributed by atoms with van der Waals surface area (Å²) >= 11 is 17.4. The van der Waals surface area contributed by atoms with Crippen LogP contribution in [0.3, 0.4) is 0 Å². The van der Waals surface area contributed by atoms with Crippen LogP contribution in [0.25, 0.3) is 6.08 Å². The minimum Gasteiger partial charge on any atom is -0.326 e. The Hall–Kier alpha value is -1.74. The first-order valence-electron chi connectivity index (χ1n) is 9.83. The van der Waals surface area contributed by atoms with E-state index in [1.165, 1.54) is 0 Å². The zero-order valence-corrected chi connectivity index (χ0v) is 20.2. The second kappa shape index (κ2) is 10.5. The highest BCUT2D eigenvalue weighted by molar-refractivity contribution is 6.48. The zero-order valence-electron chi connectivity index (χ0n) is 17.9. The van der Waals surface area contributed by atoms with E-state index in [1.54, 1.807) is 13.8 Å². The van der Waals surface area contributed by atoms with Gasteiger partial charge in [-0.1, -0.05) is 59.1 Å². The molecule has 1 unspecified atom stereocenters. The first-order valence-corrected chi connectivity index (χ1v) is 11.0. The van der Waals surface area contributed by atoms with E-state index in [9.17, 15) is 31.1 Å². The number of carbonyl (C=O) groups excluding carboxylic acids is 1. The van der Waals surface area contributed by atoms with Gasteiger partial charge >= 0.3 is 12.4 Å². The van der Waals surface area contributed by atoms with Gasteiger partial charge < -0.3 is 5.73 Å². The maximum Gasteiger partial charge on any atom is 0.417 e. The van der Waals surface area contributed by atoms with Gasteiger partial charge in [-0.3, -0.25) is 4.79 Å². The van der Waals surface area contributed by atoms with Crippen molar-refractivity contribution in [3.05, 3.63) is 73.7 Å². The molecule has 0 aromatic heterocycles. The second-order valence-corrected chi connectivity index (χ2v) is 9.58. The largest absolute Gasteiger partial charge is 0.417 e. The van der Waals surface area contributed by atoms with E-state index in [1.807, 2.05) is 0 Å². The van der Waals surface area contributed by atoms with E-state index in [0.717, 1.165) is 30.3 Å². The van der Waals surface area contributed by atoms with Gasteiger partial charge in [0.2, 0.25) is 0 Å². The Bertz CT molecular complexity index is 1060. The summed E-state index contributed by atoms with van der Waals surface area (Å²) in [5.41, 5.74) is 2.71. The minimum absolute atomic E-state index is 0.120. The standard InChI is InChI=1S/C23H20Cl3F6NO/c1-21(2,33)8-7-19(34)14-5-3-12(9-16(14)23(30,31)32)4-6-15(22(27,28)29)13-10-17(24)20(26)18(25)11-13/h3-6,9-11,15H,7-8,33H2,1-2H3/b6-4+. The highest BCUT2D eigenvalue weighted by Gasteiger charge is 2.40. The lowest BCUT2D eigenvalue weighted by Gasteiger charge is -2.19. The maximum atomic E-state index is 13.7. The fraction of sp³-hybridized carbons (Fsp3) is 0.348. The van der Waals surface area contributed by atoms with Crippen LogP contribution in [-0.4, -0.2) is 17.5 Å². The molecule has 0 aliphatic rings. The molecule has 0 bridgehead atoms. The number of nitrogens with two attached hydrogens (primary N) is 1. The van der Waals surface area contributed by atoms with E-state index in [4.69, 9.17) is 40.5 Å². The molecule has 0 aliphatic carbocycles. The van der Waals surface area contributed by atoms with Gasteiger partial charge in [-0.15, -0.1) is 0 Å².